The van der Waals surface area contributed by atoms with Crippen LogP contribution in [0.4, 0.5) is 13.2 Å². The highest BCUT2D eigenvalue weighted by Gasteiger charge is 2.59. The minimum Gasteiger partial charge on any atom is -0.207 e. The van der Waals surface area contributed by atoms with Crippen LogP contribution in [-0.2, 0) is 10.0 Å². The lowest BCUT2D eigenvalue weighted by Crippen LogP contribution is -2.24. The molecule has 2 rings (SSSR count). The Morgan fingerprint density at radius 1 is 1.24 bits per heavy atom. The van der Waals surface area contributed by atoms with Crippen LogP contribution in [0.3, 0.4) is 0 Å². The van der Waals surface area contributed by atoms with Crippen molar-refractivity contribution in [3.05, 3.63) is 29.8 Å². The average Bonchev–Trinajstić information content (AvgIpc) is 2.96. The smallest absolute Gasteiger partial charge is 0.207 e. The lowest BCUT2D eigenvalue weighted by molar-refractivity contribution is -0.132. The van der Waals surface area contributed by atoms with E-state index in [-0.39, 0.29) is 4.90 Å². The lowest BCUT2D eigenvalue weighted by Gasteiger charge is -2.08. The molecule has 94 valence electrons. The van der Waals surface area contributed by atoms with Gasteiger partial charge in [0.25, 0.3) is 0 Å². The van der Waals surface area contributed by atoms with Gasteiger partial charge in [-0.1, -0.05) is 17.7 Å². The van der Waals surface area contributed by atoms with Crippen molar-refractivity contribution in [3.63, 3.8) is 0 Å². The number of hydrogen-bond donors (Lipinski definition) is 0. The van der Waals surface area contributed by atoms with Gasteiger partial charge < -0.3 is 0 Å². The van der Waals surface area contributed by atoms with Gasteiger partial charge in [-0.3, -0.25) is 0 Å². The molecule has 3 nitrogen and oxygen atoms in total. The van der Waals surface area contributed by atoms with Crippen molar-refractivity contribution >= 4 is 10.0 Å². The molecule has 17 heavy (non-hydrogen) atoms. The van der Waals surface area contributed by atoms with E-state index in [1.54, 1.807) is 19.1 Å². The van der Waals surface area contributed by atoms with Gasteiger partial charge in [0.05, 0.1) is 4.90 Å². The van der Waals surface area contributed by atoms with Crippen molar-refractivity contribution in [1.82, 2.24) is 4.31 Å². The fourth-order valence-corrected chi connectivity index (χ4v) is 3.04. The highest BCUT2D eigenvalue weighted by atomic mass is 32.2. The van der Waals surface area contributed by atoms with Gasteiger partial charge in [0.15, 0.2) is 0 Å². The van der Waals surface area contributed by atoms with Crippen LogP contribution in [-0.4, -0.2) is 31.5 Å². The highest BCUT2D eigenvalue weighted by Crippen LogP contribution is 2.39. The highest BCUT2D eigenvalue weighted by molar-refractivity contribution is 7.89. The number of sulfonamides is 1. The van der Waals surface area contributed by atoms with E-state index in [9.17, 15) is 21.6 Å². The van der Waals surface area contributed by atoms with Crippen LogP contribution in [0, 0.1) is 6.92 Å². The van der Waals surface area contributed by atoms with E-state index in [2.05, 4.69) is 0 Å². The normalized spacial score (nSPS) is 24.7. The second-order valence-corrected chi connectivity index (χ2v) is 5.84. The molecule has 1 saturated heterocycles. The molecule has 1 aromatic carbocycles. The zero-order valence-corrected chi connectivity index (χ0v) is 9.72. The van der Waals surface area contributed by atoms with Crippen LogP contribution in [0.25, 0.3) is 0 Å². The van der Waals surface area contributed by atoms with Crippen molar-refractivity contribution < 1.29 is 21.6 Å². The van der Waals surface area contributed by atoms with Crippen LogP contribution in [0.1, 0.15) is 5.56 Å². The van der Waals surface area contributed by atoms with Crippen molar-refractivity contribution in [2.45, 2.75) is 24.0 Å². The van der Waals surface area contributed by atoms with Gasteiger partial charge in [-0.15, -0.1) is 0 Å². The maximum atomic E-state index is 12.3. The topological polar surface area (TPSA) is 37.1 Å². The van der Waals surface area contributed by atoms with Crippen LogP contribution in [0.5, 0.6) is 0 Å². The van der Waals surface area contributed by atoms with Gasteiger partial charge in [0.1, 0.15) is 6.04 Å². The Morgan fingerprint density at radius 2 is 1.76 bits per heavy atom. The fourth-order valence-electron chi connectivity index (χ4n) is 1.50. The molecule has 0 amide bonds. The van der Waals surface area contributed by atoms with E-state index >= 15 is 0 Å². The summed E-state index contributed by atoms with van der Waals surface area (Å²) in [6.45, 7) is 1.28. The fraction of sp³-hybridized carbons (Fsp3) is 0.400. The summed E-state index contributed by atoms with van der Waals surface area (Å²) >= 11 is 0. The van der Waals surface area contributed by atoms with E-state index in [0.29, 0.717) is 4.31 Å². The maximum absolute atomic E-state index is 12.3. The third kappa shape index (κ3) is 2.30. The number of aryl methyl sites for hydroxylation is 1. The monoisotopic (exact) mass is 265 g/mol. The standard InChI is InChI=1S/C10H10F3NO2S/c1-7-2-4-8(5-3-7)17(15,16)14-6-9(14)10(11,12)13/h2-5,9H,6H2,1H3/t9-,14?/m0/s1. The lowest BCUT2D eigenvalue weighted by atomic mass is 10.2. The summed E-state index contributed by atoms with van der Waals surface area (Å²) in [5.41, 5.74) is 0.849. The van der Waals surface area contributed by atoms with Crippen LogP contribution < -0.4 is 0 Å². The Morgan fingerprint density at radius 3 is 2.18 bits per heavy atom. The number of alkyl halides is 3. The zero-order valence-electron chi connectivity index (χ0n) is 8.90. The van der Waals surface area contributed by atoms with Crippen molar-refractivity contribution in [2.75, 3.05) is 6.54 Å². The second-order valence-electron chi connectivity index (χ2n) is 3.95. The first kappa shape index (κ1) is 12.4. The number of rotatable bonds is 2. The summed E-state index contributed by atoms with van der Waals surface area (Å²) in [7, 11) is -4.00. The number of hydrogen-bond acceptors (Lipinski definition) is 2. The van der Waals surface area contributed by atoms with Gasteiger partial charge in [-0.05, 0) is 19.1 Å². The third-order valence-electron chi connectivity index (χ3n) is 2.57. The van der Waals surface area contributed by atoms with Crippen molar-refractivity contribution in [1.29, 1.82) is 0 Å². The van der Waals surface area contributed by atoms with Gasteiger partial charge in [0.2, 0.25) is 10.0 Å². The molecule has 1 heterocycles. The molecule has 1 unspecified atom stereocenters. The number of halogens is 3. The first-order chi connectivity index (χ1) is 7.73. The molecule has 0 N–H and O–H groups in total. The Hall–Kier alpha value is -1.08. The molecule has 1 fully saturated rings. The average molecular weight is 265 g/mol. The summed E-state index contributed by atoms with van der Waals surface area (Å²) in [5, 5.41) is 0. The van der Waals surface area contributed by atoms with Crippen LogP contribution in [0.2, 0.25) is 0 Å². The van der Waals surface area contributed by atoms with Crippen molar-refractivity contribution in [2.24, 2.45) is 0 Å². The predicted octanol–water partition coefficient (Wildman–Crippen LogP) is 1.93. The molecule has 0 saturated carbocycles. The minimum atomic E-state index is -4.49. The predicted molar refractivity (Wildman–Crippen MR) is 54.9 cm³/mol. The van der Waals surface area contributed by atoms with E-state index in [4.69, 9.17) is 0 Å². The number of benzene rings is 1. The second kappa shape index (κ2) is 3.71. The molecule has 1 aromatic rings. The van der Waals surface area contributed by atoms with Crippen molar-refractivity contribution in [3.8, 4) is 0 Å². The van der Waals surface area contributed by atoms with Gasteiger partial charge >= 0.3 is 6.18 Å². The van der Waals surface area contributed by atoms with E-state index in [0.717, 1.165) is 5.56 Å². The van der Waals surface area contributed by atoms with Gasteiger partial charge in [0, 0.05) is 6.54 Å². The summed E-state index contributed by atoms with van der Waals surface area (Å²) in [5.74, 6) is 0. The van der Waals surface area contributed by atoms with Gasteiger partial charge in [-0.25, -0.2) is 8.42 Å². The Balaban J connectivity index is 2.25. The SMILES string of the molecule is Cc1ccc(S(=O)(=O)N2C[C@H]2C(F)(F)F)cc1. The molecule has 0 aromatic heterocycles. The van der Waals surface area contributed by atoms with Gasteiger partial charge in [-0.2, -0.15) is 17.5 Å². The first-order valence-electron chi connectivity index (χ1n) is 4.88. The molecular weight excluding hydrogens is 255 g/mol. The zero-order chi connectivity index (χ0) is 12.8. The van der Waals surface area contributed by atoms with Crippen LogP contribution >= 0.6 is 0 Å². The first-order valence-corrected chi connectivity index (χ1v) is 6.32. The molecule has 0 aliphatic carbocycles. The number of nitrogens with zero attached hydrogens (tertiary/aromatic N) is 1. The Labute approximate surface area is 96.9 Å². The summed E-state index contributed by atoms with van der Waals surface area (Å²) in [6.07, 6.45) is -4.49. The quantitative estimate of drug-likeness (QED) is 0.766. The van der Waals surface area contributed by atoms with E-state index in [1.807, 2.05) is 0 Å². The molecule has 0 spiro atoms. The molecule has 1 aliphatic rings. The molecule has 0 radical (unpaired) electrons. The largest absolute Gasteiger partial charge is 0.406 e. The molecule has 7 heteroatoms. The molecule has 2 atom stereocenters. The Kier molecular flexibility index (Phi) is 2.70. The summed E-state index contributed by atoms with van der Waals surface area (Å²) < 4.78 is 60.9. The third-order valence-corrected chi connectivity index (χ3v) is 4.46. The van der Waals surface area contributed by atoms with E-state index in [1.165, 1.54) is 12.1 Å². The Bertz CT molecular complexity index is 521. The molecule has 0 bridgehead atoms. The minimum absolute atomic E-state index is 0.102. The van der Waals surface area contributed by atoms with Crippen LogP contribution in [0.15, 0.2) is 29.2 Å². The van der Waals surface area contributed by atoms with E-state index < -0.39 is 28.8 Å². The molecule has 1 aliphatic heterocycles. The summed E-state index contributed by atoms with van der Waals surface area (Å²) in [6, 6.07) is 3.87. The summed E-state index contributed by atoms with van der Waals surface area (Å²) in [4.78, 5) is -0.102. The molecular formula is C10H10F3NO2S. The maximum Gasteiger partial charge on any atom is 0.406 e.